The van der Waals surface area contributed by atoms with E-state index in [2.05, 4.69) is 24.7 Å². The van der Waals surface area contributed by atoms with Gasteiger partial charge in [-0.15, -0.1) is 0 Å². The molecule has 0 unspecified atom stereocenters. The van der Waals surface area contributed by atoms with Crippen LogP contribution in [0, 0.1) is 17.1 Å². The highest BCUT2D eigenvalue weighted by atomic mass is 28.3. The minimum Gasteiger partial charge on any atom is -0.360 e. The molecule has 0 aliphatic carbocycles. The van der Waals surface area contributed by atoms with E-state index in [4.69, 9.17) is 10.00 Å². The topological polar surface area (TPSA) is 50.8 Å². The summed E-state index contributed by atoms with van der Waals surface area (Å²) in [4.78, 5) is 0. The molecule has 6 heteroatoms. The van der Waals surface area contributed by atoms with E-state index in [0.29, 0.717) is 12.3 Å². The molecule has 23 heavy (non-hydrogen) atoms. The van der Waals surface area contributed by atoms with Crippen molar-refractivity contribution in [3.8, 4) is 17.2 Å². The Kier molecular flexibility index (Phi) is 5.69. The SMILES string of the molecule is C[Si](C)(C)CCOCn1cc(-c2ccc(CC#N)c(F)c2)cn1. The molecule has 1 aromatic heterocycles. The molecule has 122 valence electrons. The van der Waals surface area contributed by atoms with Gasteiger partial charge in [0.2, 0.25) is 0 Å². The van der Waals surface area contributed by atoms with Gasteiger partial charge in [-0.1, -0.05) is 31.8 Å². The molecule has 0 N–H and O–H groups in total. The molecule has 4 nitrogen and oxygen atoms in total. The predicted molar refractivity (Wildman–Crippen MR) is 91.0 cm³/mol. The Labute approximate surface area is 137 Å². The lowest BCUT2D eigenvalue weighted by Gasteiger charge is -2.15. The van der Waals surface area contributed by atoms with Crippen molar-refractivity contribution in [2.45, 2.75) is 38.8 Å². The molecule has 0 saturated heterocycles. The summed E-state index contributed by atoms with van der Waals surface area (Å²) in [6.07, 6.45) is 3.62. The van der Waals surface area contributed by atoms with E-state index in [1.807, 2.05) is 18.3 Å². The van der Waals surface area contributed by atoms with Gasteiger partial charge in [0.1, 0.15) is 12.5 Å². The zero-order valence-corrected chi connectivity index (χ0v) is 14.8. The molecule has 0 amide bonds. The Morgan fingerprint density at radius 1 is 1.30 bits per heavy atom. The summed E-state index contributed by atoms with van der Waals surface area (Å²) in [5.74, 6) is -0.358. The van der Waals surface area contributed by atoms with E-state index in [1.165, 1.54) is 6.07 Å². The average molecular weight is 331 g/mol. The third-order valence-electron chi connectivity index (χ3n) is 3.51. The molecular weight excluding hydrogens is 309 g/mol. The van der Waals surface area contributed by atoms with E-state index in [1.54, 1.807) is 16.9 Å². The maximum Gasteiger partial charge on any atom is 0.139 e. The fourth-order valence-corrected chi connectivity index (χ4v) is 2.83. The van der Waals surface area contributed by atoms with Crippen molar-refractivity contribution in [3.05, 3.63) is 42.0 Å². The first-order chi connectivity index (χ1) is 10.9. The first-order valence-electron chi connectivity index (χ1n) is 7.65. The van der Waals surface area contributed by atoms with Crippen molar-refractivity contribution in [2.24, 2.45) is 0 Å². The number of hydrogen-bond acceptors (Lipinski definition) is 3. The van der Waals surface area contributed by atoms with Gasteiger partial charge in [0, 0.05) is 32.0 Å². The van der Waals surface area contributed by atoms with E-state index >= 15 is 0 Å². The minimum absolute atomic E-state index is 0.0797. The number of halogens is 1. The van der Waals surface area contributed by atoms with Crippen LogP contribution in [0.2, 0.25) is 25.7 Å². The van der Waals surface area contributed by atoms with Crippen LogP contribution in [-0.4, -0.2) is 24.5 Å². The van der Waals surface area contributed by atoms with Crippen molar-refractivity contribution in [2.75, 3.05) is 6.61 Å². The van der Waals surface area contributed by atoms with Gasteiger partial charge < -0.3 is 4.74 Å². The second-order valence-corrected chi connectivity index (χ2v) is 12.4. The average Bonchev–Trinajstić information content (AvgIpc) is 2.94. The number of ether oxygens (including phenoxy) is 1. The van der Waals surface area contributed by atoms with Gasteiger partial charge in [0.15, 0.2) is 0 Å². The molecule has 0 aliphatic rings. The summed E-state index contributed by atoms with van der Waals surface area (Å²) in [6.45, 7) is 8.08. The lowest BCUT2D eigenvalue weighted by molar-refractivity contribution is 0.0786. The highest BCUT2D eigenvalue weighted by Crippen LogP contribution is 2.21. The maximum absolute atomic E-state index is 13.9. The number of rotatable bonds is 7. The van der Waals surface area contributed by atoms with E-state index in [9.17, 15) is 4.39 Å². The third-order valence-corrected chi connectivity index (χ3v) is 5.21. The number of nitriles is 1. The highest BCUT2D eigenvalue weighted by molar-refractivity contribution is 6.76. The zero-order chi connectivity index (χ0) is 16.9. The summed E-state index contributed by atoms with van der Waals surface area (Å²) < 4.78 is 21.2. The first kappa shape index (κ1) is 17.4. The van der Waals surface area contributed by atoms with Crippen LogP contribution in [0.15, 0.2) is 30.6 Å². The molecule has 0 atom stereocenters. The van der Waals surface area contributed by atoms with Gasteiger partial charge in [-0.25, -0.2) is 9.07 Å². The largest absolute Gasteiger partial charge is 0.360 e. The Morgan fingerprint density at radius 2 is 2.09 bits per heavy atom. The lowest BCUT2D eigenvalue weighted by atomic mass is 10.1. The van der Waals surface area contributed by atoms with Crippen LogP contribution in [0.25, 0.3) is 11.1 Å². The Balaban J connectivity index is 1.97. The first-order valence-corrected chi connectivity index (χ1v) is 11.4. The highest BCUT2D eigenvalue weighted by Gasteiger charge is 2.12. The molecule has 1 aromatic carbocycles. The van der Waals surface area contributed by atoms with Crippen LogP contribution in [-0.2, 0) is 17.9 Å². The van der Waals surface area contributed by atoms with Crippen molar-refractivity contribution >= 4 is 8.07 Å². The quantitative estimate of drug-likeness (QED) is 0.568. The van der Waals surface area contributed by atoms with Crippen LogP contribution in [0.5, 0.6) is 0 Å². The normalized spacial score (nSPS) is 11.4. The van der Waals surface area contributed by atoms with Crippen molar-refractivity contribution in [1.29, 1.82) is 5.26 Å². The zero-order valence-electron chi connectivity index (χ0n) is 13.8. The van der Waals surface area contributed by atoms with Crippen LogP contribution in [0.3, 0.4) is 0 Å². The van der Waals surface area contributed by atoms with Gasteiger partial charge in [0.25, 0.3) is 0 Å². The molecule has 2 aromatic rings. The van der Waals surface area contributed by atoms with E-state index in [0.717, 1.165) is 23.8 Å². The number of hydrogen-bond donors (Lipinski definition) is 0. The van der Waals surface area contributed by atoms with Gasteiger partial charge in [-0.3, -0.25) is 0 Å². The van der Waals surface area contributed by atoms with Crippen LogP contribution >= 0.6 is 0 Å². The summed E-state index contributed by atoms with van der Waals surface area (Å²) >= 11 is 0. The maximum atomic E-state index is 13.9. The molecule has 0 fully saturated rings. The van der Waals surface area contributed by atoms with Gasteiger partial charge in [0.05, 0.1) is 18.7 Å². The van der Waals surface area contributed by atoms with Crippen LogP contribution in [0.4, 0.5) is 4.39 Å². The summed E-state index contributed by atoms with van der Waals surface area (Å²) in [5.41, 5.74) is 2.00. The lowest BCUT2D eigenvalue weighted by Crippen LogP contribution is -2.22. The van der Waals surface area contributed by atoms with Crippen molar-refractivity contribution in [1.82, 2.24) is 9.78 Å². The second-order valence-electron chi connectivity index (χ2n) is 6.76. The number of benzene rings is 1. The van der Waals surface area contributed by atoms with Gasteiger partial charge >= 0.3 is 0 Å². The fraction of sp³-hybridized carbons (Fsp3) is 0.412. The molecule has 0 radical (unpaired) electrons. The summed E-state index contributed by atoms with van der Waals surface area (Å²) in [5, 5.41) is 12.9. The standard InChI is InChI=1S/C17H22FN3OSi/c1-23(2,3)9-8-22-13-21-12-16(11-20-21)15-5-4-14(6-7-19)17(18)10-15/h4-5,10-12H,6,8-9,13H2,1-3H3. The number of nitrogens with zero attached hydrogens (tertiary/aromatic N) is 3. The minimum atomic E-state index is -1.08. The monoisotopic (exact) mass is 331 g/mol. The molecule has 0 bridgehead atoms. The second kappa shape index (κ2) is 7.53. The summed E-state index contributed by atoms with van der Waals surface area (Å²) in [7, 11) is -1.08. The molecule has 0 aliphatic heterocycles. The summed E-state index contributed by atoms with van der Waals surface area (Å²) in [6, 6.07) is 7.98. The molecule has 0 saturated carbocycles. The Hall–Kier alpha value is -1.97. The smallest absolute Gasteiger partial charge is 0.139 e. The third kappa shape index (κ3) is 5.30. The predicted octanol–water partition coefficient (Wildman–Crippen LogP) is 4.07. The molecule has 2 rings (SSSR count). The van der Waals surface area contributed by atoms with Crippen LogP contribution in [0.1, 0.15) is 5.56 Å². The molecule has 1 heterocycles. The Morgan fingerprint density at radius 3 is 2.74 bits per heavy atom. The van der Waals surface area contributed by atoms with E-state index in [-0.39, 0.29) is 12.2 Å². The van der Waals surface area contributed by atoms with Crippen LogP contribution < -0.4 is 0 Å². The Bertz CT molecular complexity index is 701. The van der Waals surface area contributed by atoms with Gasteiger partial charge in [-0.2, -0.15) is 10.4 Å². The van der Waals surface area contributed by atoms with E-state index < -0.39 is 8.07 Å². The fourth-order valence-electron chi connectivity index (χ4n) is 2.08. The van der Waals surface area contributed by atoms with Crippen molar-refractivity contribution < 1.29 is 9.13 Å². The number of aromatic nitrogens is 2. The van der Waals surface area contributed by atoms with Gasteiger partial charge in [-0.05, 0) is 17.7 Å². The molecule has 0 spiro atoms. The van der Waals surface area contributed by atoms with Crippen molar-refractivity contribution in [3.63, 3.8) is 0 Å². The molecular formula is C17H22FN3OSi.